The monoisotopic (exact) mass is 282 g/mol. The highest BCUT2D eigenvalue weighted by Crippen LogP contribution is 2.20. The normalized spacial score (nSPS) is 14.2. The summed E-state index contributed by atoms with van der Waals surface area (Å²) in [6.45, 7) is 4.20. The van der Waals surface area contributed by atoms with Crippen LogP contribution in [0.25, 0.3) is 11.0 Å². The molecule has 0 aliphatic rings. The standard InChI is InChI=1S/C16H18N4O/c1-10(18-11(2)13-5-3-4-8-17-13)12-6-7-14-15(9-12)20-16(21)19-14/h3-11,18H,1-2H3,(H2,19,20,21). The molecule has 5 heteroatoms. The van der Waals surface area contributed by atoms with Crippen molar-refractivity contribution in [2.24, 2.45) is 0 Å². The Morgan fingerprint density at radius 1 is 1.05 bits per heavy atom. The first-order valence-corrected chi connectivity index (χ1v) is 7.02. The fourth-order valence-electron chi connectivity index (χ4n) is 2.51. The van der Waals surface area contributed by atoms with Crippen molar-refractivity contribution in [3.8, 4) is 0 Å². The van der Waals surface area contributed by atoms with E-state index in [-0.39, 0.29) is 17.8 Å². The van der Waals surface area contributed by atoms with E-state index in [4.69, 9.17) is 0 Å². The predicted octanol–water partition coefficient (Wildman–Crippen LogP) is 2.66. The highest BCUT2D eigenvalue weighted by atomic mass is 16.1. The number of benzene rings is 1. The van der Waals surface area contributed by atoms with Crippen LogP contribution in [0.1, 0.15) is 37.2 Å². The van der Waals surface area contributed by atoms with Crippen molar-refractivity contribution >= 4 is 11.0 Å². The van der Waals surface area contributed by atoms with Crippen molar-refractivity contribution in [2.75, 3.05) is 0 Å². The number of nitrogens with zero attached hydrogens (tertiary/aromatic N) is 1. The van der Waals surface area contributed by atoms with E-state index in [9.17, 15) is 4.79 Å². The summed E-state index contributed by atoms with van der Waals surface area (Å²) >= 11 is 0. The lowest BCUT2D eigenvalue weighted by molar-refractivity contribution is 0.486. The van der Waals surface area contributed by atoms with Crippen LogP contribution in [0.3, 0.4) is 0 Å². The smallest absolute Gasteiger partial charge is 0.306 e. The zero-order valence-electron chi connectivity index (χ0n) is 12.1. The second-order valence-corrected chi connectivity index (χ2v) is 5.25. The molecule has 2 atom stereocenters. The molecule has 2 aromatic heterocycles. The molecule has 0 aliphatic heterocycles. The lowest BCUT2D eigenvalue weighted by Crippen LogP contribution is -2.23. The summed E-state index contributed by atoms with van der Waals surface area (Å²) in [7, 11) is 0. The molecule has 0 radical (unpaired) electrons. The zero-order valence-corrected chi connectivity index (χ0v) is 12.1. The predicted molar refractivity (Wildman–Crippen MR) is 83.1 cm³/mol. The Balaban J connectivity index is 1.80. The third-order valence-electron chi connectivity index (χ3n) is 3.67. The maximum absolute atomic E-state index is 11.3. The number of nitrogens with one attached hydrogen (secondary N) is 3. The van der Waals surface area contributed by atoms with Gasteiger partial charge in [-0.3, -0.25) is 4.98 Å². The molecule has 3 N–H and O–H groups in total. The average Bonchev–Trinajstić information content (AvgIpc) is 2.87. The largest absolute Gasteiger partial charge is 0.323 e. The molecule has 21 heavy (non-hydrogen) atoms. The van der Waals surface area contributed by atoms with Gasteiger partial charge in [-0.15, -0.1) is 0 Å². The summed E-state index contributed by atoms with van der Waals surface area (Å²) in [5.41, 5.74) is 3.62. The molecular weight excluding hydrogens is 264 g/mol. The first-order valence-electron chi connectivity index (χ1n) is 7.02. The van der Waals surface area contributed by atoms with Gasteiger partial charge in [-0.25, -0.2) is 4.79 Å². The second kappa shape index (κ2) is 5.54. The quantitative estimate of drug-likeness (QED) is 0.688. The van der Waals surface area contributed by atoms with E-state index in [1.165, 1.54) is 0 Å². The molecule has 5 nitrogen and oxygen atoms in total. The summed E-state index contributed by atoms with van der Waals surface area (Å²) in [5, 5.41) is 3.52. The van der Waals surface area contributed by atoms with Gasteiger partial charge in [0.2, 0.25) is 0 Å². The molecule has 0 fully saturated rings. The molecule has 108 valence electrons. The van der Waals surface area contributed by atoms with Gasteiger partial charge in [0, 0.05) is 18.3 Å². The van der Waals surface area contributed by atoms with Crippen LogP contribution < -0.4 is 11.0 Å². The number of rotatable bonds is 4. The van der Waals surface area contributed by atoms with Gasteiger partial charge in [-0.2, -0.15) is 0 Å². The number of H-pyrrole nitrogens is 2. The zero-order chi connectivity index (χ0) is 14.8. The molecule has 3 rings (SSSR count). The van der Waals surface area contributed by atoms with E-state index in [1.54, 1.807) is 6.20 Å². The molecule has 1 aromatic carbocycles. The van der Waals surface area contributed by atoms with Gasteiger partial charge in [-0.1, -0.05) is 12.1 Å². The summed E-state index contributed by atoms with van der Waals surface area (Å²) in [6, 6.07) is 12.2. The van der Waals surface area contributed by atoms with Crippen molar-refractivity contribution in [1.82, 2.24) is 20.3 Å². The minimum Gasteiger partial charge on any atom is -0.306 e. The van der Waals surface area contributed by atoms with Gasteiger partial charge >= 0.3 is 5.69 Å². The molecule has 0 saturated carbocycles. The van der Waals surface area contributed by atoms with E-state index >= 15 is 0 Å². The maximum Gasteiger partial charge on any atom is 0.323 e. The van der Waals surface area contributed by atoms with Crippen LogP contribution in [0.2, 0.25) is 0 Å². The van der Waals surface area contributed by atoms with Crippen molar-refractivity contribution in [3.05, 3.63) is 64.3 Å². The lowest BCUT2D eigenvalue weighted by Gasteiger charge is -2.20. The van der Waals surface area contributed by atoms with Crippen LogP contribution in [0.4, 0.5) is 0 Å². The van der Waals surface area contributed by atoms with Gasteiger partial charge < -0.3 is 15.3 Å². The van der Waals surface area contributed by atoms with E-state index < -0.39 is 0 Å². The van der Waals surface area contributed by atoms with Gasteiger partial charge in [0.25, 0.3) is 0 Å². The van der Waals surface area contributed by atoms with E-state index in [0.29, 0.717) is 0 Å². The topological polar surface area (TPSA) is 73.6 Å². The SMILES string of the molecule is CC(NC(C)c1ccccn1)c1ccc2[nH]c(=O)[nH]c2c1. The second-order valence-electron chi connectivity index (χ2n) is 5.25. The fraction of sp³-hybridized carbons (Fsp3) is 0.250. The summed E-state index contributed by atoms with van der Waals surface area (Å²) in [5.74, 6) is 0. The number of fused-ring (bicyclic) bond motifs is 1. The third-order valence-corrected chi connectivity index (χ3v) is 3.67. The van der Waals surface area contributed by atoms with E-state index in [2.05, 4.69) is 34.1 Å². The Morgan fingerprint density at radius 2 is 1.86 bits per heavy atom. The Labute approximate surface area is 122 Å². The van der Waals surface area contributed by atoms with Crippen LogP contribution >= 0.6 is 0 Å². The summed E-state index contributed by atoms with van der Waals surface area (Å²) < 4.78 is 0. The van der Waals surface area contributed by atoms with Crippen molar-refractivity contribution < 1.29 is 0 Å². The Bertz CT molecular complexity index is 791. The molecule has 0 aliphatic carbocycles. The van der Waals surface area contributed by atoms with Gasteiger partial charge in [-0.05, 0) is 43.7 Å². The fourth-order valence-corrected chi connectivity index (χ4v) is 2.51. The van der Waals surface area contributed by atoms with Gasteiger partial charge in [0.05, 0.1) is 16.7 Å². The maximum atomic E-state index is 11.3. The Morgan fingerprint density at radius 3 is 2.62 bits per heavy atom. The molecule has 2 heterocycles. The van der Waals surface area contributed by atoms with Crippen LogP contribution in [0.15, 0.2) is 47.4 Å². The van der Waals surface area contributed by atoms with Crippen molar-refractivity contribution in [1.29, 1.82) is 0 Å². The first kappa shape index (κ1) is 13.6. The highest BCUT2D eigenvalue weighted by molar-refractivity contribution is 5.75. The average molecular weight is 282 g/mol. The number of aromatic nitrogens is 3. The molecule has 0 saturated heterocycles. The summed E-state index contributed by atoms with van der Waals surface area (Å²) in [4.78, 5) is 21.2. The van der Waals surface area contributed by atoms with Gasteiger partial charge in [0.15, 0.2) is 0 Å². The van der Waals surface area contributed by atoms with Crippen molar-refractivity contribution in [2.45, 2.75) is 25.9 Å². The highest BCUT2D eigenvalue weighted by Gasteiger charge is 2.12. The number of hydrogen-bond donors (Lipinski definition) is 3. The lowest BCUT2D eigenvalue weighted by atomic mass is 10.1. The van der Waals surface area contributed by atoms with E-state index in [0.717, 1.165) is 22.3 Å². The molecule has 0 amide bonds. The van der Waals surface area contributed by atoms with Crippen LogP contribution in [0, 0.1) is 0 Å². The molecule has 0 bridgehead atoms. The molecule has 3 aromatic rings. The van der Waals surface area contributed by atoms with Gasteiger partial charge in [0.1, 0.15) is 0 Å². The number of hydrogen-bond acceptors (Lipinski definition) is 3. The number of aromatic amines is 2. The van der Waals surface area contributed by atoms with Crippen LogP contribution in [0.5, 0.6) is 0 Å². The molecular formula is C16H18N4O. The van der Waals surface area contributed by atoms with E-state index in [1.807, 2.05) is 36.4 Å². The summed E-state index contributed by atoms with van der Waals surface area (Å²) in [6.07, 6.45) is 1.80. The van der Waals surface area contributed by atoms with Crippen LogP contribution in [-0.2, 0) is 0 Å². The van der Waals surface area contributed by atoms with Crippen molar-refractivity contribution in [3.63, 3.8) is 0 Å². The Hall–Kier alpha value is -2.40. The number of pyridine rings is 1. The minimum atomic E-state index is -0.176. The first-order chi connectivity index (χ1) is 10.1. The van der Waals surface area contributed by atoms with Crippen LogP contribution in [-0.4, -0.2) is 15.0 Å². The minimum absolute atomic E-state index is 0.155. The number of imidazole rings is 1. The molecule has 0 spiro atoms. The molecule has 2 unspecified atom stereocenters. The third kappa shape index (κ3) is 2.87. The Kier molecular flexibility index (Phi) is 3.58.